The highest BCUT2D eigenvalue weighted by Gasteiger charge is 2.11. The van der Waals surface area contributed by atoms with Crippen LogP contribution in [-0.4, -0.2) is 19.8 Å². The molecule has 0 atom stereocenters. The van der Waals surface area contributed by atoms with E-state index in [0.29, 0.717) is 5.69 Å². The lowest BCUT2D eigenvalue weighted by atomic mass is 10.2. The van der Waals surface area contributed by atoms with E-state index < -0.39 is 10.2 Å². The van der Waals surface area contributed by atoms with Crippen molar-refractivity contribution >= 4 is 15.9 Å². The van der Waals surface area contributed by atoms with Crippen molar-refractivity contribution in [1.29, 1.82) is 0 Å². The Morgan fingerprint density at radius 2 is 2.07 bits per heavy atom. The molecule has 0 radical (unpaired) electrons. The number of nitrogens with two attached hydrogens (primary N) is 2. The molecule has 0 spiro atoms. The van der Waals surface area contributed by atoms with Crippen molar-refractivity contribution in [2.24, 2.45) is 5.14 Å². The van der Waals surface area contributed by atoms with Gasteiger partial charge in [0.25, 0.3) is 10.2 Å². The monoisotopic (exact) mass is 215 g/mol. The summed E-state index contributed by atoms with van der Waals surface area (Å²) in [5, 5.41) is 4.93. The average molecular weight is 215 g/mol. The van der Waals surface area contributed by atoms with Crippen molar-refractivity contribution in [1.82, 2.24) is 4.31 Å². The minimum absolute atomic E-state index is 0.226. The van der Waals surface area contributed by atoms with Crippen molar-refractivity contribution in [2.75, 3.05) is 12.8 Å². The number of anilines is 1. The van der Waals surface area contributed by atoms with Gasteiger partial charge >= 0.3 is 0 Å². The van der Waals surface area contributed by atoms with Crippen LogP contribution in [0.5, 0.6) is 0 Å². The summed E-state index contributed by atoms with van der Waals surface area (Å²) >= 11 is 0. The van der Waals surface area contributed by atoms with Crippen LogP contribution < -0.4 is 10.9 Å². The Bertz CT molecular complexity index is 416. The van der Waals surface area contributed by atoms with Crippen LogP contribution in [0.3, 0.4) is 0 Å². The zero-order valence-corrected chi connectivity index (χ0v) is 8.66. The second kappa shape index (κ2) is 3.95. The van der Waals surface area contributed by atoms with Gasteiger partial charge in [-0.2, -0.15) is 12.7 Å². The van der Waals surface area contributed by atoms with E-state index >= 15 is 0 Å². The van der Waals surface area contributed by atoms with E-state index in [9.17, 15) is 8.42 Å². The van der Waals surface area contributed by atoms with Crippen LogP contribution >= 0.6 is 0 Å². The zero-order chi connectivity index (χ0) is 10.8. The van der Waals surface area contributed by atoms with Gasteiger partial charge in [-0.3, -0.25) is 0 Å². The lowest BCUT2D eigenvalue weighted by Gasteiger charge is -2.13. The van der Waals surface area contributed by atoms with E-state index in [1.54, 1.807) is 24.3 Å². The van der Waals surface area contributed by atoms with Crippen LogP contribution in [0.1, 0.15) is 5.56 Å². The first-order chi connectivity index (χ1) is 6.39. The molecule has 1 aromatic rings. The first-order valence-electron chi connectivity index (χ1n) is 3.98. The molecule has 1 rings (SSSR count). The van der Waals surface area contributed by atoms with Gasteiger partial charge in [0, 0.05) is 19.3 Å². The second-order valence-electron chi connectivity index (χ2n) is 3.05. The Morgan fingerprint density at radius 1 is 1.43 bits per heavy atom. The third kappa shape index (κ3) is 2.99. The van der Waals surface area contributed by atoms with Crippen LogP contribution in [0.15, 0.2) is 24.3 Å². The quantitative estimate of drug-likeness (QED) is 0.690. The van der Waals surface area contributed by atoms with Crippen molar-refractivity contribution in [3.05, 3.63) is 29.8 Å². The Kier molecular flexibility index (Phi) is 3.10. The molecule has 0 bridgehead atoms. The lowest BCUT2D eigenvalue weighted by molar-refractivity contribution is 0.468. The molecule has 0 saturated carbocycles. The molecule has 14 heavy (non-hydrogen) atoms. The topological polar surface area (TPSA) is 89.4 Å². The fraction of sp³-hybridized carbons (Fsp3) is 0.250. The maximum atomic E-state index is 10.9. The van der Waals surface area contributed by atoms with Gasteiger partial charge < -0.3 is 5.73 Å². The number of nitrogen functional groups attached to an aromatic ring is 1. The highest BCUT2D eigenvalue weighted by molar-refractivity contribution is 7.86. The molecule has 0 aliphatic carbocycles. The van der Waals surface area contributed by atoms with E-state index in [0.717, 1.165) is 9.87 Å². The highest BCUT2D eigenvalue weighted by Crippen LogP contribution is 2.09. The van der Waals surface area contributed by atoms with Crippen LogP contribution in [0, 0.1) is 0 Å². The van der Waals surface area contributed by atoms with Gasteiger partial charge in [-0.1, -0.05) is 12.1 Å². The van der Waals surface area contributed by atoms with E-state index in [2.05, 4.69) is 0 Å². The Morgan fingerprint density at radius 3 is 2.57 bits per heavy atom. The number of rotatable bonds is 3. The maximum Gasteiger partial charge on any atom is 0.276 e. The van der Waals surface area contributed by atoms with E-state index in [-0.39, 0.29) is 6.54 Å². The summed E-state index contributed by atoms with van der Waals surface area (Å²) in [6, 6.07) is 7.00. The molecular weight excluding hydrogens is 202 g/mol. The second-order valence-corrected chi connectivity index (χ2v) is 4.70. The minimum atomic E-state index is -3.62. The van der Waals surface area contributed by atoms with E-state index in [4.69, 9.17) is 10.9 Å². The third-order valence-corrected chi connectivity index (χ3v) is 2.79. The number of benzene rings is 1. The van der Waals surface area contributed by atoms with Gasteiger partial charge in [0.1, 0.15) is 0 Å². The maximum absolute atomic E-state index is 10.9. The summed E-state index contributed by atoms with van der Waals surface area (Å²) < 4.78 is 22.8. The van der Waals surface area contributed by atoms with Gasteiger partial charge in [-0.15, -0.1) is 0 Å². The molecule has 0 aromatic heterocycles. The van der Waals surface area contributed by atoms with Gasteiger partial charge in [0.05, 0.1) is 0 Å². The zero-order valence-electron chi connectivity index (χ0n) is 7.84. The molecule has 0 saturated heterocycles. The standard InChI is InChI=1S/C8H13N3O2S/c1-11(14(10,12)13)6-7-3-2-4-8(9)5-7/h2-5H,6,9H2,1H3,(H2,10,12,13). The molecule has 0 aliphatic heterocycles. The molecule has 0 heterocycles. The molecule has 0 aliphatic rings. The summed E-state index contributed by atoms with van der Waals surface area (Å²) in [6.45, 7) is 0.226. The Hall–Kier alpha value is -1.11. The Balaban J connectivity index is 2.80. The van der Waals surface area contributed by atoms with Crippen molar-refractivity contribution in [3.63, 3.8) is 0 Å². The predicted molar refractivity (Wildman–Crippen MR) is 55.4 cm³/mol. The van der Waals surface area contributed by atoms with E-state index in [1.165, 1.54) is 7.05 Å². The SMILES string of the molecule is CN(Cc1cccc(N)c1)S(N)(=O)=O. The number of hydrogen-bond acceptors (Lipinski definition) is 3. The predicted octanol–water partition coefficient (Wildman–Crippen LogP) is -0.0959. The van der Waals surface area contributed by atoms with Crippen LogP contribution in [-0.2, 0) is 16.8 Å². The molecule has 6 heteroatoms. The van der Waals surface area contributed by atoms with Crippen molar-refractivity contribution in [3.8, 4) is 0 Å². The third-order valence-electron chi connectivity index (χ3n) is 1.79. The molecule has 0 amide bonds. The number of nitrogens with zero attached hydrogens (tertiary/aromatic N) is 1. The largest absolute Gasteiger partial charge is 0.399 e. The summed E-state index contributed by atoms with van der Waals surface area (Å²) in [5.74, 6) is 0. The fourth-order valence-electron chi connectivity index (χ4n) is 1.04. The molecular formula is C8H13N3O2S. The highest BCUT2D eigenvalue weighted by atomic mass is 32.2. The van der Waals surface area contributed by atoms with Crippen molar-refractivity contribution in [2.45, 2.75) is 6.54 Å². The summed E-state index contributed by atoms with van der Waals surface area (Å²) in [5.41, 5.74) is 6.95. The molecule has 5 nitrogen and oxygen atoms in total. The van der Waals surface area contributed by atoms with Gasteiger partial charge in [-0.25, -0.2) is 5.14 Å². The Labute approximate surface area is 83.5 Å². The van der Waals surface area contributed by atoms with Crippen LogP contribution in [0.4, 0.5) is 5.69 Å². The van der Waals surface area contributed by atoms with Crippen LogP contribution in [0.2, 0.25) is 0 Å². The molecule has 4 N–H and O–H groups in total. The minimum Gasteiger partial charge on any atom is -0.399 e. The normalized spacial score (nSPS) is 11.9. The summed E-state index contributed by atoms with van der Waals surface area (Å²) in [4.78, 5) is 0. The fourth-order valence-corrected chi connectivity index (χ4v) is 1.37. The smallest absolute Gasteiger partial charge is 0.276 e. The molecule has 0 fully saturated rings. The molecule has 1 aromatic carbocycles. The molecule has 78 valence electrons. The lowest BCUT2D eigenvalue weighted by Crippen LogP contribution is -2.32. The van der Waals surface area contributed by atoms with E-state index in [1.807, 2.05) is 0 Å². The first kappa shape index (κ1) is 11.0. The van der Waals surface area contributed by atoms with Gasteiger partial charge in [-0.05, 0) is 17.7 Å². The number of hydrogen-bond donors (Lipinski definition) is 2. The van der Waals surface area contributed by atoms with Crippen LogP contribution in [0.25, 0.3) is 0 Å². The van der Waals surface area contributed by atoms with Crippen molar-refractivity contribution < 1.29 is 8.42 Å². The average Bonchev–Trinajstić information content (AvgIpc) is 2.02. The first-order valence-corrected chi connectivity index (χ1v) is 5.48. The summed E-state index contributed by atoms with van der Waals surface area (Å²) in [7, 11) is -2.21. The summed E-state index contributed by atoms with van der Waals surface area (Å²) in [6.07, 6.45) is 0. The molecule has 0 unspecified atom stereocenters. The van der Waals surface area contributed by atoms with Gasteiger partial charge in [0.15, 0.2) is 0 Å². The van der Waals surface area contributed by atoms with Gasteiger partial charge in [0.2, 0.25) is 0 Å².